The second-order valence-electron chi connectivity index (χ2n) is 5.37. The van der Waals surface area contributed by atoms with Crippen molar-refractivity contribution in [3.63, 3.8) is 0 Å². The van der Waals surface area contributed by atoms with E-state index in [1.165, 1.54) is 19.2 Å². The second kappa shape index (κ2) is 5.48. The molecule has 0 spiro atoms. The lowest BCUT2D eigenvalue weighted by molar-refractivity contribution is -0.161. The highest BCUT2D eigenvalue weighted by Crippen LogP contribution is 2.52. The first-order chi connectivity index (χ1) is 9.46. The van der Waals surface area contributed by atoms with Crippen molar-refractivity contribution in [2.24, 2.45) is 17.1 Å². The van der Waals surface area contributed by atoms with Gasteiger partial charge in [0.05, 0.1) is 12.5 Å². The summed E-state index contributed by atoms with van der Waals surface area (Å²) in [5.74, 6) is -3.83. The summed E-state index contributed by atoms with van der Waals surface area (Å²) in [6, 6.07) is 7.53. The van der Waals surface area contributed by atoms with E-state index in [0.29, 0.717) is 0 Å². The molecular formula is C15H19F2NO2. The lowest BCUT2D eigenvalue weighted by atomic mass is 9.76. The number of hydrogen-bond donors (Lipinski definition) is 1. The fourth-order valence-corrected chi connectivity index (χ4v) is 2.72. The molecule has 1 aromatic carbocycles. The van der Waals surface area contributed by atoms with Gasteiger partial charge in [-0.3, -0.25) is 4.79 Å². The number of alkyl halides is 2. The Morgan fingerprint density at radius 1 is 1.35 bits per heavy atom. The smallest absolute Gasteiger partial charge is 0.313 e. The molecule has 0 radical (unpaired) electrons. The molecule has 3 nitrogen and oxygen atoms in total. The lowest BCUT2D eigenvalue weighted by Gasteiger charge is -2.33. The zero-order valence-corrected chi connectivity index (χ0v) is 11.4. The van der Waals surface area contributed by atoms with Crippen LogP contribution in [0.1, 0.15) is 24.8 Å². The van der Waals surface area contributed by atoms with Gasteiger partial charge < -0.3 is 10.5 Å². The Labute approximate surface area is 117 Å². The fraction of sp³-hybridized carbons (Fsp3) is 0.533. The summed E-state index contributed by atoms with van der Waals surface area (Å²) in [4.78, 5) is 12.0. The number of carbonyl (C=O) groups excluding carboxylic acids is 1. The summed E-state index contributed by atoms with van der Waals surface area (Å²) in [7, 11) is 1.22. The molecule has 0 heterocycles. The van der Waals surface area contributed by atoms with Crippen LogP contribution in [0.3, 0.4) is 0 Å². The average molecular weight is 283 g/mol. The number of carbonyl (C=O) groups is 1. The van der Waals surface area contributed by atoms with Gasteiger partial charge >= 0.3 is 5.97 Å². The molecule has 5 heteroatoms. The van der Waals surface area contributed by atoms with E-state index in [1.54, 1.807) is 18.2 Å². The van der Waals surface area contributed by atoms with Crippen molar-refractivity contribution in [2.45, 2.75) is 25.2 Å². The number of nitrogens with two attached hydrogens (primary N) is 1. The maximum absolute atomic E-state index is 14.5. The highest BCUT2D eigenvalue weighted by molar-refractivity contribution is 5.78. The number of esters is 1. The molecule has 0 amide bonds. The predicted molar refractivity (Wildman–Crippen MR) is 71.2 cm³/mol. The molecule has 1 aliphatic rings. The van der Waals surface area contributed by atoms with Crippen LogP contribution in [0.5, 0.6) is 0 Å². The highest BCUT2D eigenvalue weighted by Gasteiger charge is 2.56. The van der Waals surface area contributed by atoms with Gasteiger partial charge in [-0.2, -0.15) is 0 Å². The van der Waals surface area contributed by atoms with E-state index in [4.69, 9.17) is 10.5 Å². The molecule has 110 valence electrons. The lowest BCUT2D eigenvalue weighted by Crippen LogP contribution is -2.45. The average Bonchev–Trinajstić information content (AvgIpc) is 3.30. The molecule has 0 aromatic heterocycles. The quantitative estimate of drug-likeness (QED) is 0.817. The van der Waals surface area contributed by atoms with E-state index in [-0.39, 0.29) is 18.0 Å². The second-order valence-corrected chi connectivity index (χ2v) is 5.37. The van der Waals surface area contributed by atoms with Crippen LogP contribution in [0.2, 0.25) is 0 Å². The van der Waals surface area contributed by atoms with Gasteiger partial charge in [0.15, 0.2) is 0 Å². The molecule has 2 N–H and O–H groups in total. The number of halogens is 2. The molecule has 0 saturated heterocycles. The van der Waals surface area contributed by atoms with Gasteiger partial charge in [-0.15, -0.1) is 0 Å². The first kappa shape index (κ1) is 14.9. The molecule has 1 aliphatic carbocycles. The van der Waals surface area contributed by atoms with Crippen molar-refractivity contribution >= 4 is 5.97 Å². The van der Waals surface area contributed by atoms with Gasteiger partial charge in [0.25, 0.3) is 5.92 Å². The fourth-order valence-electron chi connectivity index (χ4n) is 2.72. The molecule has 1 saturated carbocycles. The van der Waals surface area contributed by atoms with Crippen LogP contribution in [0.4, 0.5) is 8.78 Å². The third-order valence-electron chi connectivity index (χ3n) is 4.05. The number of methoxy groups -OCH3 is 1. The highest BCUT2D eigenvalue weighted by atomic mass is 19.3. The minimum atomic E-state index is -3.10. The van der Waals surface area contributed by atoms with Crippen molar-refractivity contribution in [1.82, 2.24) is 0 Å². The summed E-state index contributed by atoms with van der Waals surface area (Å²) in [6.45, 7) is -0.118. The van der Waals surface area contributed by atoms with E-state index < -0.39 is 23.7 Å². The first-order valence-corrected chi connectivity index (χ1v) is 6.68. The van der Waals surface area contributed by atoms with Crippen LogP contribution < -0.4 is 5.73 Å². The minimum absolute atomic E-state index is 0.0950. The molecule has 20 heavy (non-hydrogen) atoms. The number of ether oxygens (including phenoxy) is 1. The van der Waals surface area contributed by atoms with E-state index >= 15 is 0 Å². The van der Waals surface area contributed by atoms with Gasteiger partial charge in [0.2, 0.25) is 0 Å². The number of rotatable bonds is 6. The van der Waals surface area contributed by atoms with Crippen LogP contribution in [-0.2, 0) is 15.5 Å². The van der Waals surface area contributed by atoms with Crippen molar-refractivity contribution < 1.29 is 18.3 Å². The molecule has 1 unspecified atom stereocenters. The minimum Gasteiger partial charge on any atom is -0.469 e. The van der Waals surface area contributed by atoms with Crippen LogP contribution in [0.25, 0.3) is 0 Å². The predicted octanol–water partition coefficient (Wildman–Crippen LogP) is 2.70. The van der Waals surface area contributed by atoms with Crippen LogP contribution in [0.15, 0.2) is 30.3 Å². The van der Waals surface area contributed by atoms with Gasteiger partial charge in [-0.1, -0.05) is 30.3 Å². The van der Waals surface area contributed by atoms with Gasteiger partial charge in [-0.25, -0.2) is 8.78 Å². The zero-order valence-electron chi connectivity index (χ0n) is 11.4. The Morgan fingerprint density at radius 3 is 2.40 bits per heavy atom. The Kier molecular flexibility index (Phi) is 4.09. The first-order valence-electron chi connectivity index (χ1n) is 6.68. The summed E-state index contributed by atoms with van der Waals surface area (Å²) in [6.07, 6.45) is 0.895. The Bertz CT molecular complexity index is 474. The largest absolute Gasteiger partial charge is 0.469 e. The molecule has 0 aliphatic heterocycles. The van der Waals surface area contributed by atoms with Gasteiger partial charge in [0, 0.05) is 18.5 Å². The standard InChI is InChI=1S/C15H19F2NO2/c1-20-13(19)14(10-18,11-7-8-11)9-15(16,17)12-5-3-2-4-6-12/h2-6,11H,7-10,18H2,1H3. The summed E-state index contributed by atoms with van der Waals surface area (Å²) >= 11 is 0. The van der Waals surface area contributed by atoms with E-state index in [1.807, 2.05) is 0 Å². The summed E-state index contributed by atoms with van der Waals surface area (Å²) < 4.78 is 33.7. The van der Waals surface area contributed by atoms with Crippen molar-refractivity contribution in [2.75, 3.05) is 13.7 Å². The summed E-state index contributed by atoms with van der Waals surface area (Å²) in [5.41, 5.74) is 4.30. The molecule has 2 rings (SSSR count). The third kappa shape index (κ3) is 2.68. The summed E-state index contributed by atoms with van der Waals surface area (Å²) in [5, 5.41) is 0. The number of benzene rings is 1. The Balaban J connectivity index is 2.30. The van der Waals surface area contributed by atoms with Crippen LogP contribution >= 0.6 is 0 Å². The SMILES string of the molecule is COC(=O)C(CN)(CC(F)(F)c1ccccc1)C1CC1. The van der Waals surface area contributed by atoms with Crippen LogP contribution in [-0.4, -0.2) is 19.6 Å². The molecule has 1 fully saturated rings. The normalized spacial score (nSPS) is 18.4. The molecular weight excluding hydrogens is 264 g/mol. The Hall–Kier alpha value is -1.49. The molecule has 1 aromatic rings. The zero-order chi connectivity index (χ0) is 14.8. The maximum atomic E-state index is 14.5. The van der Waals surface area contributed by atoms with Crippen molar-refractivity contribution in [3.05, 3.63) is 35.9 Å². The van der Waals surface area contributed by atoms with Gasteiger partial charge in [-0.05, 0) is 18.8 Å². The van der Waals surface area contributed by atoms with Crippen molar-refractivity contribution in [1.29, 1.82) is 0 Å². The van der Waals surface area contributed by atoms with E-state index in [2.05, 4.69) is 0 Å². The van der Waals surface area contributed by atoms with E-state index in [9.17, 15) is 13.6 Å². The van der Waals surface area contributed by atoms with E-state index in [0.717, 1.165) is 12.8 Å². The Morgan fingerprint density at radius 2 is 1.95 bits per heavy atom. The topological polar surface area (TPSA) is 52.3 Å². The monoisotopic (exact) mass is 283 g/mol. The third-order valence-corrected chi connectivity index (χ3v) is 4.05. The number of hydrogen-bond acceptors (Lipinski definition) is 3. The van der Waals surface area contributed by atoms with Gasteiger partial charge in [0.1, 0.15) is 0 Å². The molecule has 0 bridgehead atoms. The van der Waals surface area contributed by atoms with Crippen molar-refractivity contribution in [3.8, 4) is 0 Å². The molecule has 1 atom stereocenters. The maximum Gasteiger partial charge on any atom is 0.313 e. The van der Waals surface area contributed by atoms with Crippen LogP contribution in [0, 0.1) is 11.3 Å².